The summed E-state index contributed by atoms with van der Waals surface area (Å²) in [6.07, 6.45) is 5.08. The largest absolute Gasteiger partial charge is 0.316 e. The lowest BCUT2D eigenvalue weighted by atomic mass is 9.82. The number of hydrogen-bond donors (Lipinski definition) is 2. The number of anilines is 1. The number of carbonyl (C=O) groups is 1. The van der Waals surface area contributed by atoms with Gasteiger partial charge in [-0.15, -0.1) is 11.3 Å². The van der Waals surface area contributed by atoms with E-state index in [4.69, 9.17) is 0 Å². The van der Waals surface area contributed by atoms with Gasteiger partial charge in [0.2, 0.25) is 5.91 Å². The van der Waals surface area contributed by atoms with Gasteiger partial charge in [-0.3, -0.25) is 4.79 Å². The first-order chi connectivity index (χ1) is 9.64. The van der Waals surface area contributed by atoms with E-state index in [9.17, 15) is 10.1 Å². The third-order valence-electron chi connectivity index (χ3n) is 4.41. The fraction of sp³-hybridized carbons (Fsp3) is 0.600. The molecule has 1 atom stereocenters. The van der Waals surface area contributed by atoms with E-state index in [1.54, 1.807) is 11.3 Å². The number of nitrogens with one attached hydrogen (secondary N) is 2. The molecule has 1 unspecified atom stereocenters. The van der Waals surface area contributed by atoms with Crippen molar-refractivity contribution in [2.75, 3.05) is 18.4 Å². The van der Waals surface area contributed by atoms with Crippen LogP contribution in [0.25, 0.3) is 0 Å². The van der Waals surface area contributed by atoms with Gasteiger partial charge in [0.25, 0.3) is 0 Å². The number of nitrogens with zero attached hydrogens (tertiary/aromatic N) is 1. The lowest BCUT2D eigenvalue weighted by Crippen LogP contribution is -2.46. The lowest BCUT2D eigenvalue weighted by Gasteiger charge is -2.32. The predicted octanol–water partition coefficient (Wildman–Crippen LogP) is 2.44. The zero-order chi connectivity index (χ0) is 14.2. The van der Waals surface area contributed by atoms with Gasteiger partial charge in [-0.1, -0.05) is 0 Å². The molecule has 1 aromatic rings. The van der Waals surface area contributed by atoms with Crippen molar-refractivity contribution in [3.8, 4) is 6.07 Å². The SMILES string of the molecule is CC1(C(=O)Nc2sc3c(c2C#N)CCC3)CCCNC1. The molecule has 1 aliphatic heterocycles. The molecule has 20 heavy (non-hydrogen) atoms. The number of piperidine rings is 1. The third-order valence-corrected chi connectivity index (χ3v) is 5.61. The van der Waals surface area contributed by atoms with Crippen LogP contribution in [0.15, 0.2) is 0 Å². The Kier molecular flexibility index (Phi) is 3.53. The monoisotopic (exact) mass is 289 g/mol. The topological polar surface area (TPSA) is 64.9 Å². The highest BCUT2D eigenvalue weighted by Gasteiger charge is 2.35. The van der Waals surface area contributed by atoms with E-state index in [0.29, 0.717) is 12.1 Å². The van der Waals surface area contributed by atoms with Crippen LogP contribution in [-0.2, 0) is 17.6 Å². The second-order valence-corrected chi connectivity index (χ2v) is 7.07. The summed E-state index contributed by atoms with van der Waals surface area (Å²) < 4.78 is 0. The molecule has 106 valence electrons. The summed E-state index contributed by atoms with van der Waals surface area (Å²) in [5.74, 6) is 0.0427. The number of thiophene rings is 1. The van der Waals surface area contributed by atoms with Gasteiger partial charge in [0.1, 0.15) is 11.1 Å². The summed E-state index contributed by atoms with van der Waals surface area (Å²) in [5, 5.41) is 16.4. The second-order valence-electron chi connectivity index (χ2n) is 5.97. The number of rotatable bonds is 2. The molecule has 4 nitrogen and oxygen atoms in total. The van der Waals surface area contributed by atoms with Gasteiger partial charge in [0.05, 0.1) is 11.0 Å². The Morgan fingerprint density at radius 3 is 3.00 bits per heavy atom. The molecule has 1 fully saturated rings. The van der Waals surface area contributed by atoms with Crippen molar-refractivity contribution in [2.45, 2.75) is 39.0 Å². The number of fused-ring (bicyclic) bond motifs is 1. The Morgan fingerprint density at radius 2 is 2.30 bits per heavy atom. The minimum atomic E-state index is -0.362. The molecule has 1 saturated heterocycles. The van der Waals surface area contributed by atoms with E-state index in [-0.39, 0.29) is 11.3 Å². The van der Waals surface area contributed by atoms with Crippen LogP contribution in [0, 0.1) is 16.7 Å². The maximum atomic E-state index is 12.5. The van der Waals surface area contributed by atoms with E-state index in [2.05, 4.69) is 16.7 Å². The highest BCUT2D eigenvalue weighted by atomic mass is 32.1. The molecule has 2 aliphatic rings. The van der Waals surface area contributed by atoms with Crippen molar-refractivity contribution < 1.29 is 4.79 Å². The van der Waals surface area contributed by atoms with Crippen molar-refractivity contribution >= 4 is 22.2 Å². The molecule has 3 rings (SSSR count). The molecule has 1 amide bonds. The Balaban J connectivity index is 1.81. The van der Waals surface area contributed by atoms with Crippen LogP contribution in [0.5, 0.6) is 0 Å². The number of hydrogen-bond acceptors (Lipinski definition) is 4. The molecule has 0 aromatic carbocycles. The van der Waals surface area contributed by atoms with E-state index in [1.807, 2.05) is 6.92 Å². The van der Waals surface area contributed by atoms with Gasteiger partial charge < -0.3 is 10.6 Å². The molecular formula is C15H19N3OS. The predicted molar refractivity (Wildman–Crippen MR) is 79.9 cm³/mol. The molecule has 0 bridgehead atoms. The van der Waals surface area contributed by atoms with Crippen LogP contribution in [0.3, 0.4) is 0 Å². The smallest absolute Gasteiger partial charge is 0.232 e. The Bertz CT molecular complexity index is 579. The first-order valence-electron chi connectivity index (χ1n) is 7.21. The summed E-state index contributed by atoms with van der Waals surface area (Å²) in [4.78, 5) is 13.8. The highest BCUT2D eigenvalue weighted by Crippen LogP contribution is 2.39. The third kappa shape index (κ3) is 2.23. The normalized spacial score (nSPS) is 25.0. The standard InChI is InChI=1S/C15H19N3OS/c1-15(6-3-7-17-9-15)14(19)18-13-11(8-16)10-4-2-5-12(10)20-13/h17H,2-7,9H2,1H3,(H,18,19). The van der Waals surface area contributed by atoms with Crippen molar-refractivity contribution in [3.63, 3.8) is 0 Å². The minimum Gasteiger partial charge on any atom is -0.316 e. The molecule has 1 aromatic heterocycles. The van der Waals surface area contributed by atoms with Gasteiger partial charge >= 0.3 is 0 Å². The maximum absolute atomic E-state index is 12.5. The molecule has 0 spiro atoms. The molecule has 2 N–H and O–H groups in total. The zero-order valence-electron chi connectivity index (χ0n) is 11.7. The lowest BCUT2D eigenvalue weighted by molar-refractivity contribution is -0.125. The summed E-state index contributed by atoms with van der Waals surface area (Å²) in [6, 6.07) is 2.28. The van der Waals surface area contributed by atoms with Crippen molar-refractivity contribution in [3.05, 3.63) is 16.0 Å². The Morgan fingerprint density at radius 1 is 1.45 bits per heavy atom. The molecule has 0 saturated carbocycles. The molecule has 0 radical (unpaired) electrons. The van der Waals surface area contributed by atoms with Crippen molar-refractivity contribution in [2.24, 2.45) is 5.41 Å². The molecule has 5 heteroatoms. The van der Waals surface area contributed by atoms with Gasteiger partial charge in [-0.25, -0.2) is 0 Å². The molecular weight excluding hydrogens is 270 g/mol. The summed E-state index contributed by atoms with van der Waals surface area (Å²) in [6.45, 7) is 3.70. The van der Waals surface area contributed by atoms with E-state index < -0.39 is 0 Å². The summed E-state index contributed by atoms with van der Waals surface area (Å²) in [7, 11) is 0. The van der Waals surface area contributed by atoms with Gasteiger partial charge in [0.15, 0.2) is 0 Å². The summed E-state index contributed by atoms with van der Waals surface area (Å²) in [5.41, 5.74) is 1.50. The average Bonchev–Trinajstić information content (AvgIpc) is 2.99. The number of amides is 1. The molecule has 2 heterocycles. The van der Waals surface area contributed by atoms with E-state index in [0.717, 1.165) is 43.6 Å². The van der Waals surface area contributed by atoms with Crippen LogP contribution in [0.2, 0.25) is 0 Å². The Labute approximate surface area is 123 Å². The zero-order valence-corrected chi connectivity index (χ0v) is 12.5. The van der Waals surface area contributed by atoms with Gasteiger partial charge in [-0.2, -0.15) is 5.26 Å². The van der Waals surface area contributed by atoms with Crippen LogP contribution in [-0.4, -0.2) is 19.0 Å². The number of nitriles is 1. The van der Waals surface area contributed by atoms with Crippen LogP contribution in [0.1, 0.15) is 42.2 Å². The van der Waals surface area contributed by atoms with Gasteiger partial charge in [0, 0.05) is 11.4 Å². The maximum Gasteiger partial charge on any atom is 0.232 e. The van der Waals surface area contributed by atoms with E-state index >= 15 is 0 Å². The minimum absolute atomic E-state index is 0.0427. The van der Waals surface area contributed by atoms with Crippen molar-refractivity contribution in [1.29, 1.82) is 5.26 Å². The second kappa shape index (κ2) is 5.19. The summed E-state index contributed by atoms with van der Waals surface area (Å²) >= 11 is 1.59. The van der Waals surface area contributed by atoms with E-state index in [1.165, 1.54) is 10.4 Å². The average molecular weight is 289 g/mol. The first-order valence-corrected chi connectivity index (χ1v) is 8.02. The quantitative estimate of drug-likeness (QED) is 0.879. The van der Waals surface area contributed by atoms with Crippen LogP contribution >= 0.6 is 11.3 Å². The highest BCUT2D eigenvalue weighted by molar-refractivity contribution is 7.16. The number of aryl methyl sites for hydroxylation is 1. The fourth-order valence-corrected chi connectivity index (χ4v) is 4.35. The van der Waals surface area contributed by atoms with Crippen molar-refractivity contribution in [1.82, 2.24) is 5.32 Å². The van der Waals surface area contributed by atoms with Crippen LogP contribution in [0.4, 0.5) is 5.00 Å². The van der Waals surface area contributed by atoms with Crippen LogP contribution < -0.4 is 10.6 Å². The molecule has 1 aliphatic carbocycles. The Hall–Kier alpha value is -1.38. The number of carbonyl (C=O) groups excluding carboxylic acids is 1. The first kappa shape index (κ1) is 13.6. The fourth-order valence-electron chi connectivity index (χ4n) is 3.11. The van der Waals surface area contributed by atoms with Gasteiger partial charge in [-0.05, 0) is 51.1 Å².